The molecule has 1 aromatic carbocycles. The zero-order chi connectivity index (χ0) is 33.6. The maximum absolute atomic E-state index is 14.2. The second-order valence-electron chi connectivity index (χ2n) is 13.3. The van der Waals surface area contributed by atoms with Gasteiger partial charge in [-0.1, -0.05) is 5.92 Å². The third kappa shape index (κ3) is 6.50. The van der Waals surface area contributed by atoms with Crippen molar-refractivity contribution in [3.8, 4) is 11.8 Å². The molecule has 246 valence electrons. The summed E-state index contributed by atoms with van der Waals surface area (Å²) in [7, 11) is 0. The van der Waals surface area contributed by atoms with E-state index in [9.17, 15) is 19.2 Å². The van der Waals surface area contributed by atoms with Crippen LogP contribution in [0.15, 0.2) is 27.8 Å². The van der Waals surface area contributed by atoms with Crippen molar-refractivity contribution in [2.75, 3.05) is 18.0 Å². The van der Waals surface area contributed by atoms with E-state index in [1.54, 1.807) is 34.3 Å². The number of aromatic nitrogens is 6. The maximum atomic E-state index is 14.2. The van der Waals surface area contributed by atoms with Gasteiger partial charge in [0.25, 0.3) is 5.56 Å². The van der Waals surface area contributed by atoms with Gasteiger partial charge in [-0.05, 0) is 85.4 Å². The minimum atomic E-state index is -0.625. The highest BCUT2D eigenvalue weighted by molar-refractivity contribution is 5.98. The van der Waals surface area contributed by atoms with Crippen molar-refractivity contribution in [3.05, 3.63) is 56.0 Å². The predicted octanol–water partition coefficient (Wildman–Crippen LogP) is 3.65. The summed E-state index contributed by atoms with van der Waals surface area (Å²) in [6.07, 6.45) is 2.57. The summed E-state index contributed by atoms with van der Waals surface area (Å²) < 4.78 is 9.78. The highest BCUT2D eigenvalue weighted by Gasteiger charge is 2.34. The maximum Gasteiger partial charge on any atom is 0.407 e. The Balaban J connectivity index is 1.40. The molecule has 1 saturated heterocycles. The standard InChI is InChI=1S/C34H40N8O5/c1-7-8-16-40-28-29(38-31(40)39-15-9-10-23(18-39)37-32(45)47-34(4,5)6)42(24-12-13-24)33(46)41(30(28)44)19-27(43)22-11-14-25-26(17-22)36-21(3)20(2)35-25/h11,14,17,23-24H,9-10,12-13,15-16,18-19H2,1-6H3,(H,37,45)/t23-/m1/s1. The van der Waals surface area contributed by atoms with Gasteiger partial charge >= 0.3 is 11.8 Å². The number of carbonyl (C=O) groups is 2. The van der Waals surface area contributed by atoms with Crippen LogP contribution in [0.5, 0.6) is 0 Å². The Morgan fingerprint density at radius 1 is 1.02 bits per heavy atom. The van der Waals surface area contributed by atoms with E-state index in [1.807, 2.05) is 39.5 Å². The molecule has 0 unspecified atom stereocenters. The molecular weight excluding hydrogens is 600 g/mol. The number of amides is 1. The number of fused-ring (bicyclic) bond motifs is 2. The molecule has 4 aromatic rings. The lowest BCUT2D eigenvalue weighted by atomic mass is 10.1. The molecule has 3 aromatic heterocycles. The van der Waals surface area contributed by atoms with Crippen molar-refractivity contribution in [3.63, 3.8) is 0 Å². The number of aryl methyl sites for hydroxylation is 2. The van der Waals surface area contributed by atoms with Crippen LogP contribution in [0.2, 0.25) is 0 Å². The Labute approximate surface area is 272 Å². The minimum Gasteiger partial charge on any atom is -0.444 e. The number of Topliss-reactive ketones (excluding diaryl/α,β-unsaturated/α-hetero) is 1. The van der Waals surface area contributed by atoms with E-state index in [0.717, 1.165) is 41.6 Å². The highest BCUT2D eigenvalue weighted by Crippen LogP contribution is 2.36. The van der Waals surface area contributed by atoms with Gasteiger partial charge in [0.2, 0.25) is 5.95 Å². The molecule has 13 nitrogen and oxygen atoms in total. The number of hydrogen-bond acceptors (Lipinski definition) is 9. The molecule has 0 spiro atoms. The van der Waals surface area contributed by atoms with E-state index < -0.39 is 29.5 Å². The summed E-state index contributed by atoms with van der Waals surface area (Å²) in [4.78, 5) is 70.3. The number of nitrogens with one attached hydrogen (secondary N) is 1. The fourth-order valence-corrected chi connectivity index (χ4v) is 5.98. The van der Waals surface area contributed by atoms with Crippen LogP contribution in [-0.4, -0.2) is 65.3 Å². The molecule has 13 heteroatoms. The van der Waals surface area contributed by atoms with Crippen molar-refractivity contribution in [2.24, 2.45) is 0 Å². The average Bonchev–Trinajstić information content (AvgIpc) is 3.77. The van der Waals surface area contributed by atoms with E-state index in [-0.39, 0.29) is 35.6 Å². The van der Waals surface area contributed by atoms with Gasteiger partial charge in [0.15, 0.2) is 16.9 Å². The molecule has 0 bridgehead atoms. The Morgan fingerprint density at radius 2 is 1.74 bits per heavy atom. The smallest absolute Gasteiger partial charge is 0.407 e. The van der Waals surface area contributed by atoms with Crippen LogP contribution in [0.4, 0.5) is 10.7 Å². The topological polar surface area (TPSA) is 146 Å². The van der Waals surface area contributed by atoms with Gasteiger partial charge < -0.3 is 15.0 Å². The molecule has 1 aliphatic carbocycles. The van der Waals surface area contributed by atoms with Crippen LogP contribution >= 0.6 is 0 Å². The van der Waals surface area contributed by atoms with Gasteiger partial charge in [0.1, 0.15) is 5.60 Å². The highest BCUT2D eigenvalue weighted by atomic mass is 16.6. The minimum absolute atomic E-state index is 0.120. The Kier molecular flexibility index (Phi) is 8.38. The SMILES string of the molecule is CC#CCn1c(N2CCC[C@@H](NC(=O)OC(C)(C)C)C2)nc2c1c(=O)n(CC(=O)c1ccc3nc(C)c(C)nc3c1)c(=O)n2C1CC1. The molecule has 1 amide bonds. The number of nitrogens with zero attached hydrogens (tertiary/aromatic N) is 7. The molecule has 4 heterocycles. The van der Waals surface area contributed by atoms with Gasteiger partial charge in [0, 0.05) is 30.7 Å². The first-order valence-electron chi connectivity index (χ1n) is 16.0. The number of anilines is 1. The number of imidazole rings is 1. The van der Waals surface area contributed by atoms with Gasteiger partial charge in [-0.15, -0.1) is 5.92 Å². The quantitative estimate of drug-likeness (QED) is 0.236. The van der Waals surface area contributed by atoms with E-state index >= 15 is 0 Å². The third-order valence-electron chi connectivity index (χ3n) is 8.49. The fourth-order valence-electron chi connectivity index (χ4n) is 5.98. The van der Waals surface area contributed by atoms with Crippen LogP contribution in [0, 0.1) is 25.7 Å². The molecule has 2 fully saturated rings. The van der Waals surface area contributed by atoms with Crippen LogP contribution in [-0.2, 0) is 17.8 Å². The van der Waals surface area contributed by atoms with Crippen molar-refractivity contribution < 1.29 is 14.3 Å². The molecule has 0 radical (unpaired) electrons. The number of hydrogen-bond donors (Lipinski definition) is 1. The lowest BCUT2D eigenvalue weighted by Gasteiger charge is -2.34. The lowest BCUT2D eigenvalue weighted by Crippen LogP contribution is -2.49. The second-order valence-corrected chi connectivity index (χ2v) is 13.3. The van der Waals surface area contributed by atoms with E-state index in [4.69, 9.17) is 9.72 Å². The summed E-state index contributed by atoms with van der Waals surface area (Å²) in [5, 5.41) is 2.96. The van der Waals surface area contributed by atoms with Gasteiger partial charge in [-0.2, -0.15) is 4.98 Å². The Morgan fingerprint density at radius 3 is 2.43 bits per heavy atom. The van der Waals surface area contributed by atoms with E-state index in [0.29, 0.717) is 35.6 Å². The molecule has 1 aliphatic heterocycles. The fraction of sp³-hybridized carbons (Fsp3) is 0.500. The lowest BCUT2D eigenvalue weighted by molar-refractivity contribution is 0.0499. The summed E-state index contributed by atoms with van der Waals surface area (Å²) in [6.45, 7) is 11.7. The molecule has 6 rings (SSSR count). The summed E-state index contributed by atoms with van der Waals surface area (Å²) >= 11 is 0. The zero-order valence-electron chi connectivity index (χ0n) is 27.7. The monoisotopic (exact) mass is 640 g/mol. The molecule has 1 atom stereocenters. The van der Waals surface area contributed by atoms with Gasteiger partial charge in [0.05, 0.1) is 35.5 Å². The molecule has 1 saturated carbocycles. The summed E-state index contributed by atoms with van der Waals surface area (Å²) in [6, 6.07) is 4.70. The van der Waals surface area contributed by atoms with E-state index in [1.165, 1.54) is 0 Å². The third-order valence-corrected chi connectivity index (χ3v) is 8.49. The Bertz CT molecular complexity index is 2090. The number of ether oxygens (including phenoxy) is 1. The number of alkyl carbamates (subject to hydrolysis) is 1. The number of rotatable bonds is 7. The van der Waals surface area contributed by atoms with Crippen molar-refractivity contribution in [1.29, 1.82) is 0 Å². The molecule has 1 N–H and O–H groups in total. The van der Waals surface area contributed by atoms with Crippen LogP contribution in [0.1, 0.15) is 81.2 Å². The van der Waals surface area contributed by atoms with Crippen molar-refractivity contribution in [2.45, 2.75) is 98.0 Å². The van der Waals surface area contributed by atoms with Crippen LogP contribution in [0.25, 0.3) is 22.2 Å². The largest absolute Gasteiger partial charge is 0.444 e. The van der Waals surface area contributed by atoms with Crippen molar-refractivity contribution in [1.82, 2.24) is 34.0 Å². The first kappa shape index (κ1) is 32.0. The van der Waals surface area contributed by atoms with E-state index in [2.05, 4.69) is 27.1 Å². The van der Waals surface area contributed by atoms with Crippen molar-refractivity contribution >= 4 is 40.0 Å². The first-order chi connectivity index (χ1) is 22.3. The van der Waals surface area contributed by atoms with Crippen LogP contribution < -0.4 is 21.5 Å². The van der Waals surface area contributed by atoms with Gasteiger partial charge in [-0.25, -0.2) is 19.6 Å². The average molecular weight is 641 g/mol. The predicted molar refractivity (Wildman–Crippen MR) is 178 cm³/mol. The zero-order valence-corrected chi connectivity index (χ0v) is 27.7. The second kappa shape index (κ2) is 12.3. The normalized spacial score (nSPS) is 16.6. The van der Waals surface area contributed by atoms with Gasteiger partial charge in [-0.3, -0.25) is 23.3 Å². The molecule has 2 aliphatic rings. The number of carbonyl (C=O) groups excluding carboxylic acids is 2. The Hall–Kier alpha value is -4.99. The number of ketones is 1. The summed E-state index contributed by atoms with van der Waals surface area (Å²) in [5.74, 6) is 6.05. The summed E-state index contributed by atoms with van der Waals surface area (Å²) in [5.41, 5.74) is 1.85. The number of benzene rings is 1. The number of piperidine rings is 1. The first-order valence-corrected chi connectivity index (χ1v) is 16.0. The molecule has 47 heavy (non-hydrogen) atoms. The molecular formula is C34H40N8O5. The van der Waals surface area contributed by atoms with Crippen LogP contribution in [0.3, 0.4) is 0 Å².